The predicted octanol–water partition coefficient (Wildman–Crippen LogP) is 5.11. The number of nitrogens with one attached hydrogen (secondary N) is 1. The summed E-state index contributed by atoms with van der Waals surface area (Å²) in [4.78, 5) is 27.5. The summed E-state index contributed by atoms with van der Waals surface area (Å²) in [5.74, 6) is 0.913. The van der Waals surface area contributed by atoms with Crippen molar-refractivity contribution in [2.24, 2.45) is 0 Å². The Morgan fingerprint density at radius 2 is 1.78 bits per heavy atom. The van der Waals surface area contributed by atoms with Crippen LogP contribution in [0.15, 0.2) is 72.9 Å². The van der Waals surface area contributed by atoms with Gasteiger partial charge in [0.1, 0.15) is 17.2 Å². The molecule has 1 aromatic heterocycles. The van der Waals surface area contributed by atoms with Crippen LogP contribution in [0.5, 0.6) is 11.5 Å². The molecule has 0 bridgehead atoms. The van der Waals surface area contributed by atoms with Crippen LogP contribution >= 0.6 is 0 Å². The van der Waals surface area contributed by atoms with Gasteiger partial charge in [0.05, 0.1) is 25.5 Å². The molecular weight excluding hydrogens is 468 g/mol. The van der Waals surface area contributed by atoms with Gasteiger partial charge in [-0.15, -0.1) is 0 Å². The van der Waals surface area contributed by atoms with E-state index >= 15 is 0 Å². The summed E-state index contributed by atoms with van der Waals surface area (Å²) in [6.45, 7) is 2.28. The summed E-state index contributed by atoms with van der Waals surface area (Å²) < 4.78 is 12.7. The average molecular weight is 497 g/mol. The second-order valence-corrected chi connectivity index (χ2v) is 8.81. The number of hydrogen-bond donors (Lipinski definition) is 1. The molecule has 1 aliphatic heterocycles. The van der Waals surface area contributed by atoms with E-state index in [0.29, 0.717) is 40.6 Å². The molecule has 0 aliphatic carbocycles. The molecule has 0 radical (unpaired) electrons. The number of ether oxygens (including phenoxy) is 2. The van der Waals surface area contributed by atoms with Crippen molar-refractivity contribution in [1.29, 1.82) is 0 Å². The second-order valence-electron chi connectivity index (χ2n) is 8.81. The number of rotatable bonds is 6. The Morgan fingerprint density at radius 3 is 2.51 bits per heavy atom. The second kappa shape index (κ2) is 10.2. The number of carbonyl (C=O) groups is 2. The molecule has 0 fully saturated rings. The lowest BCUT2D eigenvalue weighted by Gasteiger charge is -2.29. The molecule has 1 aliphatic rings. The van der Waals surface area contributed by atoms with E-state index in [4.69, 9.17) is 14.6 Å². The number of para-hydroxylation sites is 1. The summed E-state index contributed by atoms with van der Waals surface area (Å²) in [5.41, 5.74) is 4.91. The fourth-order valence-corrected chi connectivity index (χ4v) is 4.65. The van der Waals surface area contributed by atoms with Gasteiger partial charge < -0.3 is 19.7 Å². The Hall–Kier alpha value is -4.59. The number of carbonyl (C=O) groups excluding carboxylic acids is 2. The molecule has 0 unspecified atom stereocenters. The number of hydrogen-bond acceptors (Lipinski definition) is 5. The largest absolute Gasteiger partial charge is 0.497 e. The molecule has 2 heterocycles. The number of methoxy groups -OCH3 is 2. The van der Waals surface area contributed by atoms with Crippen molar-refractivity contribution in [3.63, 3.8) is 0 Å². The van der Waals surface area contributed by atoms with Gasteiger partial charge in [-0.1, -0.05) is 18.2 Å². The molecule has 0 atom stereocenters. The van der Waals surface area contributed by atoms with Crippen LogP contribution in [0, 0.1) is 0 Å². The zero-order chi connectivity index (χ0) is 25.9. The topological polar surface area (TPSA) is 85.7 Å². The van der Waals surface area contributed by atoms with Crippen LogP contribution in [0.1, 0.15) is 29.3 Å². The van der Waals surface area contributed by atoms with Gasteiger partial charge in [0.2, 0.25) is 5.91 Å². The molecule has 8 heteroatoms. The first-order chi connectivity index (χ1) is 18.0. The Kier molecular flexibility index (Phi) is 6.64. The molecule has 3 aromatic carbocycles. The maximum absolute atomic E-state index is 13.6. The predicted molar refractivity (Wildman–Crippen MR) is 143 cm³/mol. The maximum atomic E-state index is 13.6. The van der Waals surface area contributed by atoms with Crippen LogP contribution in [-0.4, -0.2) is 42.4 Å². The van der Waals surface area contributed by atoms with E-state index in [0.717, 1.165) is 29.8 Å². The summed E-state index contributed by atoms with van der Waals surface area (Å²) in [5, 5.41) is 7.80. The fraction of sp³-hybridized carbons (Fsp3) is 0.207. The number of aromatic nitrogens is 2. The highest BCUT2D eigenvalue weighted by molar-refractivity contribution is 6.08. The van der Waals surface area contributed by atoms with E-state index < -0.39 is 0 Å². The van der Waals surface area contributed by atoms with E-state index in [9.17, 15) is 9.59 Å². The number of anilines is 2. The monoisotopic (exact) mass is 496 g/mol. The molecule has 4 aromatic rings. The SMILES string of the molecule is COc1ccc(OC)c(-c2nn(-c3ccccc3)cc2C(=O)Nc2ccc3c(c2)CCCN3C(C)=O)c1. The van der Waals surface area contributed by atoms with E-state index in [-0.39, 0.29) is 11.8 Å². The molecule has 0 spiro atoms. The standard InChI is InChI=1S/C29H28N4O4/c1-19(34)32-15-7-8-20-16-21(11-13-26(20)32)30-29(35)25-18-33(22-9-5-4-6-10-22)31-28(25)24-17-23(36-2)12-14-27(24)37-3/h4-6,9-14,16-18H,7-8,15H2,1-3H3,(H,30,35). The Balaban J connectivity index is 1.55. The van der Waals surface area contributed by atoms with Crippen LogP contribution in [0.25, 0.3) is 16.9 Å². The van der Waals surface area contributed by atoms with Crippen molar-refractivity contribution in [2.75, 3.05) is 31.0 Å². The van der Waals surface area contributed by atoms with Crippen molar-refractivity contribution in [3.05, 3.63) is 84.1 Å². The van der Waals surface area contributed by atoms with Gasteiger partial charge in [-0.25, -0.2) is 4.68 Å². The number of fused-ring (bicyclic) bond motifs is 1. The number of amides is 2. The fourth-order valence-electron chi connectivity index (χ4n) is 4.65. The third kappa shape index (κ3) is 4.78. The van der Waals surface area contributed by atoms with Crippen LogP contribution in [0.3, 0.4) is 0 Å². The molecule has 0 saturated carbocycles. The first kappa shape index (κ1) is 24.1. The van der Waals surface area contributed by atoms with E-state index in [1.54, 1.807) is 49.1 Å². The highest BCUT2D eigenvalue weighted by atomic mass is 16.5. The Labute approximate surface area is 215 Å². The van der Waals surface area contributed by atoms with Crippen LogP contribution < -0.4 is 19.7 Å². The number of benzene rings is 3. The van der Waals surface area contributed by atoms with Crippen molar-refractivity contribution in [2.45, 2.75) is 19.8 Å². The summed E-state index contributed by atoms with van der Waals surface area (Å²) in [6.07, 6.45) is 3.45. The molecule has 8 nitrogen and oxygen atoms in total. The van der Waals surface area contributed by atoms with Gasteiger partial charge in [-0.05, 0) is 66.9 Å². The van der Waals surface area contributed by atoms with Gasteiger partial charge in [-0.2, -0.15) is 5.10 Å². The first-order valence-corrected chi connectivity index (χ1v) is 12.1. The minimum absolute atomic E-state index is 0.0166. The smallest absolute Gasteiger partial charge is 0.259 e. The molecule has 188 valence electrons. The lowest BCUT2D eigenvalue weighted by Crippen LogP contribution is -2.33. The molecule has 5 rings (SSSR count). The summed E-state index contributed by atoms with van der Waals surface area (Å²) in [6, 6.07) is 20.7. The van der Waals surface area contributed by atoms with E-state index in [1.165, 1.54) is 0 Å². The zero-order valence-corrected chi connectivity index (χ0v) is 21.0. The average Bonchev–Trinajstić information content (AvgIpc) is 3.38. The first-order valence-electron chi connectivity index (χ1n) is 12.1. The van der Waals surface area contributed by atoms with Gasteiger partial charge in [-0.3, -0.25) is 9.59 Å². The molecule has 1 N–H and O–H groups in total. The third-order valence-electron chi connectivity index (χ3n) is 6.48. The maximum Gasteiger partial charge on any atom is 0.259 e. The lowest BCUT2D eigenvalue weighted by atomic mass is 10.0. The van der Waals surface area contributed by atoms with Crippen molar-refractivity contribution in [3.8, 4) is 28.4 Å². The highest BCUT2D eigenvalue weighted by Crippen LogP contribution is 2.36. The van der Waals surface area contributed by atoms with E-state index in [2.05, 4.69) is 5.32 Å². The molecule has 2 amide bonds. The minimum Gasteiger partial charge on any atom is -0.497 e. The van der Waals surface area contributed by atoms with Crippen LogP contribution in [0.4, 0.5) is 11.4 Å². The van der Waals surface area contributed by atoms with Crippen molar-refractivity contribution < 1.29 is 19.1 Å². The zero-order valence-electron chi connectivity index (χ0n) is 21.0. The number of nitrogens with zero attached hydrogens (tertiary/aromatic N) is 3. The molecular formula is C29H28N4O4. The minimum atomic E-state index is -0.304. The lowest BCUT2D eigenvalue weighted by molar-refractivity contribution is -0.116. The Morgan fingerprint density at radius 1 is 0.973 bits per heavy atom. The van der Waals surface area contributed by atoms with Crippen LogP contribution in [-0.2, 0) is 11.2 Å². The van der Waals surface area contributed by atoms with Crippen LogP contribution in [0.2, 0.25) is 0 Å². The quantitative estimate of drug-likeness (QED) is 0.401. The third-order valence-corrected chi connectivity index (χ3v) is 6.48. The van der Waals surface area contributed by atoms with Gasteiger partial charge in [0, 0.05) is 36.6 Å². The highest BCUT2D eigenvalue weighted by Gasteiger charge is 2.24. The van der Waals surface area contributed by atoms with Gasteiger partial charge in [0.25, 0.3) is 5.91 Å². The van der Waals surface area contributed by atoms with Crippen molar-refractivity contribution in [1.82, 2.24) is 9.78 Å². The summed E-state index contributed by atoms with van der Waals surface area (Å²) in [7, 11) is 3.17. The van der Waals surface area contributed by atoms with Crippen molar-refractivity contribution >= 4 is 23.2 Å². The molecule has 37 heavy (non-hydrogen) atoms. The number of aryl methyl sites for hydroxylation is 1. The van der Waals surface area contributed by atoms with E-state index in [1.807, 2.05) is 54.6 Å². The van der Waals surface area contributed by atoms with Gasteiger partial charge >= 0.3 is 0 Å². The molecule has 0 saturated heterocycles. The van der Waals surface area contributed by atoms with Gasteiger partial charge in [0.15, 0.2) is 0 Å². The normalized spacial score (nSPS) is 12.6. The Bertz CT molecular complexity index is 1460. The summed E-state index contributed by atoms with van der Waals surface area (Å²) >= 11 is 0.